The van der Waals surface area contributed by atoms with Crippen LogP contribution in [0.25, 0.3) is 0 Å². The molecule has 1 atom stereocenters. The van der Waals surface area contributed by atoms with Crippen molar-refractivity contribution in [2.75, 3.05) is 13.6 Å². The standard InChI is InChI=1S/C16H21N3/c1-14(15-6-4-3-5-7-15)8-11-19(2)13-16-12-17-9-10-18-16/h3-7,9-10,12,14H,8,11,13H2,1-2H3. The van der Waals surface area contributed by atoms with Gasteiger partial charge in [-0.15, -0.1) is 0 Å². The lowest BCUT2D eigenvalue weighted by Gasteiger charge is -2.19. The molecule has 0 aliphatic carbocycles. The quantitative estimate of drug-likeness (QED) is 0.794. The molecule has 0 aliphatic rings. The van der Waals surface area contributed by atoms with E-state index in [1.165, 1.54) is 5.56 Å². The monoisotopic (exact) mass is 255 g/mol. The molecule has 1 heterocycles. The number of nitrogens with zero attached hydrogens (tertiary/aromatic N) is 3. The lowest BCUT2D eigenvalue weighted by atomic mass is 9.98. The van der Waals surface area contributed by atoms with Gasteiger partial charge in [0.2, 0.25) is 0 Å². The highest BCUT2D eigenvalue weighted by Gasteiger charge is 2.07. The summed E-state index contributed by atoms with van der Waals surface area (Å²) in [7, 11) is 2.13. The van der Waals surface area contributed by atoms with Crippen LogP contribution in [0.2, 0.25) is 0 Å². The maximum Gasteiger partial charge on any atom is 0.0726 e. The summed E-state index contributed by atoms with van der Waals surface area (Å²) in [4.78, 5) is 10.7. The van der Waals surface area contributed by atoms with Gasteiger partial charge in [-0.2, -0.15) is 0 Å². The second-order valence-corrected chi connectivity index (χ2v) is 5.03. The van der Waals surface area contributed by atoms with E-state index in [1.54, 1.807) is 12.4 Å². The molecule has 1 aromatic carbocycles. The van der Waals surface area contributed by atoms with Crippen molar-refractivity contribution in [2.45, 2.75) is 25.8 Å². The van der Waals surface area contributed by atoms with Crippen molar-refractivity contribution in [3.05, 3.63) is 60.2 Å². The van der Waals surface area contributed by atoms with E-state index in [1.807, 2.05) is 6.20 Å². The molecule has 0 fully saturated rings. The summed E-state index contributed by atoms with van der Waals surface area (Å²) < 4.78 is 0. The first-order valence-corrected chi connectivity index (χ1v) is 6.74. The predicted molar refractivity (Wildman–Crippen MR) is 77.8 cm³/mol. The zero-order valence-corrected chi connectivity index (χ0v) is 11.7. The highest BCUT2D eigenvalue weighted by molar-refractivity contribution is 5.18. The summed E-state index contributed by atoms with van der Waals surface area (Å²) in [6.45, 7) is 4.20. The van der Waals surface area contributed by atoms with Gasteiger partial charge in [-0.05, 0) is 31.5 Å². The third-order valence-corrected chi connectivity index (χ3v) is 3.36. The van der Waals surface area contributed by atoms with Crippen molar-refractivity contribution in [2.24, 2.45) is 0 Å². The largest absolute Gasteiger partial charge is 0.300 e. The lowest BCUT2D eigenvalue weighted by molar-refractivity contribution is 0.309. The second-order valence-electron chi connectivity index (χ2n) is 5.03. The summed E-state index contributed by atoms with van der Waals surface area (Å²) in [6.07, 6.45) is 6.44. The fourth-order valence-electron chi connectivity index (χ4n) is 2.13. The Balaban J connectivity index is 1.79. The van der Waals surface area contributed by atoms with Gasteiger partial charge in [-0.25, -0.2) is 0 Å². The van der Waals surface area contributed by atoms with Crippen molar-refractivity contribution in [1.82, 2.24) is 14.9 Å². The van der Waals surface area contributed by atoms with Crippen molar-refractivity contribution in [1.29, 1.82) is 0 Å². The van der Waals surface area contributed by atoms with Crippen LogP contribution < -0.4 is 0 Å². The lowest BCUT2D eigenvalue weighted by Crippen LogP contribution is -2.21. The molecule has 0 aliphatic heterocycles. The first kappa shape index (κ1) is 13.7. The smallest absolute Gasteiger partial charge is 0.0726 e. The van der Waals surface area contributed by atoms with Gasteiger partial charge in [0.05, 0.1) is 5.69 Å². The fourth-order valence-corrected chi connectivity index (χ4v) is 2.13. The van der Waals surface area contributed by atoms with E-state index < -0.39 is 0 Å². The molecule has 3 heteroatoms. The Morgan fingerprint density at radius 3 is 2.63 bits per heavy atom. The molecule has 2 aromatic rings. The SMILES string of the molecule is CC(CCN(C)Cc1cnccn1)c1ccccc1. The summed E-state index contributed by atoms with van der Waals surface area (Å²) in [6, 6.07) is 10.7. The van der Waals surface area contributed by atoms with Crippen LogP contribution in [0.5, 0.6) is 0 Å². The highest BCUT2D eigenvalue weighted by atomic mass is 15.1. The summed E-state index contributed by atoms with van der Waals surface area (Å²) >= 11 is 0. The minimum absolute atomic E-state index is 0.588. The molecule has 100 valence electrons. The third-order valence-electron chi connectivity index (χ3n) is 3.36. The number of aromatic nitrogens is 2. The molecule has 0 amide bonds. The van der Waals surface area contributed by atoms with Crippen LogP contribution >= 0.6 is 0 Å². The molecule has 0 bridgehead atoms. The number of hydrogen-bond donors (Lipinski definition) is 0. The van der Waals surface area contributed by atoms with E-state index in [9.17, 15) is 0 Å². The summed E-state index contributed by atoms with van der Waals surface area (Å²) in [5.41, 5.74) is 2.44. The molecule has 0 N–H and O–H groups in total. The van der Waals surface area contributed by atoms with Crippen LogP contribution in [0.1, 0.15) is 30.5 Å². The van der Waals surface area contributed by atoms with Crippen LogP contribution in [0.4, 0.5) is 0 Å². The maximum atomic E-state index is 4.30. The first-order valence-electron chi connectivity index (χ1n) is 6.74. The van der Waals surface area contributed by atoms with E-state index in [0.717, 1.165) is 25.2 Å². The molecule has 0 saturated carbocycles. The van der Waals surface area contributed by atoms with Gasteiger partial charge in [0, 0.05) is 25.1 Å². The molecule has 3 nitrogen and oxygen atoms in total. The number of rotatable bonds is 6. The van der Waals surface area contributed by atoms with E-state index in [-0.39, 0.29) is 0 Å². The Kier molecular flexibility index (Phi) is 5.04. The average Bonchev–Trinajstić information content (AvgIpc) is 2.47. The highest BCUT2D eigenvalue weighted by Crippen LogP contribution is 2.18. The Bertz CT molecular complexity index is 470. The van der Waals surface area contributed by atoms with Crippen LogP contribution in [0.15, 0.2) is 48.9 Å². The van der Waals surface area contributed by atoms with E-state index in [0.29, 0.717) is 5.92 Å². The minimum Gasteiger partial charge on any atom is -0.300 e. The van der Waals surface area contributed by atoms with Crippen LogP contribution in [-0.2, 0) is 6.54 Å². The fraction of sp³-hybridized carbons (Fsp3) is 0.375. The Hall–Kier alpha value is -1.74. The molecule has 1 unspecified atom stereocenters. The van der Waals surface area contributed by atoms with Gasteiger partial charge in [0.1, 0.15) is 0 Å². The molecule has 2 rings (SSSR count). The van der Waals surface area contributed by atoms with E-state index >= 15 is 0 Å². The molecule has 0 spiro atoms. The van der Waals surface area contributed by atoms with Gasteiger partial charge in [0.25, 0.3) is 0 Å². The molecular weight excluding hydrogens is 234 g/mol. The number of benzene rings is 1. The van der Waals surface area contributed by atoms with E-state index in [4.69, 9.17) is 0 Å². The molecule has 0 radical (unpaired) electrons. The number of hydrogen-bond acceptors (Lipinski definition) is 3. The summed E-state index contributed by atoms with van der Waals surface area (Å²) in [5.74, 6) is 0.588. The van der Waals surface area contributed by atoms with Crippen molar-refractivity contribution in [3.8, 4) is 0 Å². The Morgan fingerprint density at radius 2 is 1.95 bits per heavy atom. The van der Waals surface area contributed by atoms with E-state index in [2.05, 4.69) is 59.2 Å². The second kappa shape index (κ2) is 7.00. The molecular formula is C16H21N3. The molecule has 0 saturated heterocycles. The zero-order chi connectivity index (χ0) is 13.5. The molecule has 19 heavy (non-hydrogen) atoms. The topological polar surface area (TPSA) is 29.0 Å². The Labute approximate surface area is 115 Å². The van der Waals surface area contributed by atoms with Crippen molar-refractivity contribution in [3.63, 3.8) is 0 Å². The first-order chi connectivity index (χ1) is 9.25. The van der Waals surface area contributed by atoms with Crippen molar-refractivity contribution >= 4 is 0 Å². The maximum absolute atomic E-state index is 4.30. The van der Waals surface area contributed by atoms with Gasteiger partial charge in [-0.3, -0.25) is 9.97 Å². The van der Waals surface area contributed by atoms with Crippen LogP contribution in [0, 0.1) is 0 Å². The Morgan fingerprint density at radius 1 is 1.16 bits per heavy atom. The van der Waals surface area contributed by atoms with Crippen LogP contribution in [0.3, 0.4) is 0 Å². The van der Waals surface area contributed by atoms with Crippen LogP contribution in [-0.4, -0.2) is 28.5 Å². The van der Waals surface area contributed by atoms with Gasteiger partial charge >= 0.3 is 0 Å². The van der Waals surface area contributed by atoms with Gasteiger partial charge < -0.3 is 4.90 Å². The van der Waals surface area contributed by atoms with Gasteiger partial charge in [-0.1, -0.05) is 37.3 Å². The third kappa shape index (κ3) is 4.45. The van der Waals surface area contributed by atoms with Gasteiger partial charge in [0.15, 0.2) is 0 Å². The average molecular weight is 255 g/mol. The minimum atomic E-state index is 0.588. The van der Waals surface area contributed by atoms with Crippen molar-refractivity contribution < 1.29 is 0 Å². The normalized spacial score (nSPS) is 12.6. The molecule has 1 aromatic heterocycles. The zero-order valence-electron chi connectivity index (χ0n) is 11.7. The predicted octanol–water partition coefficient (Wildman–Crippen LogP) is 3.10. The summed E-state index contributed by atoms with van der Waals surface area (Å²) in [5, 5.41) is 0.